The van der Waals surface area contributed by atoms with Gasteiger partial charge in [-0.2, -0.15) is 0 Å². The van der Waals surface area contributed by atoms with Crippen molar-refractivity contribution < 1.29 is 103 Å². The first-order chi connectivity index (χ1) is 32.6. The summed E-state index contributed by atoms with van der Waals surface area (Å²) in [6.07, 6.45) is -16.6. The molecule has 2 saturated heterocycles. The van der Waals surface area contributed by atoms with Crippen LogP contribution in [-0.2, 0) is 66.9 Å². The quantitative estimate of drug-likeness (QED) is 0.0363. The minimum Gasteiger partial charge on any atom is -0.480 e. The molecular weight excluding hydrogens is 942 g/mol. The molecule has 0 spiro atoms. The highest BCUT2D eigenvalue weighted by atomic mass is 16.7. The van der Waals surface area contributed by atoms with E-state index in [1.807, 2.05) is 0 Å². The van der Waals surface area contributed by atoms with E-state index in [9.17, 15) is 78.6 Å². The van der Waals surface area contributed by atoms with Crippen LogP contribution in [0.15, 0.2) is 0 Å². The maximum Gasteiger partial charge on any atom is 0.325 e. The molecule has 2 aliphatic heterocycles. The molecule has 0 aromatic heterocycles. The van der Waals surface area contributed by atoms with Gasteiger partial charge < -0.3 is 103 Å². The number of carboxylic acid groups (broad SMARTS) is 2. The summed E-state index contributed by atoms with van der Waals surface area (Å²) < 4.78 is 23.2. The Morgan fingerprint density at radius 3 is 1.63 bits per heavy atom. The lowest BCUT2D eigenvalue weighted by Gasteiger charge is -2.48. The fraction of sp³-hybridized carbons (Fsp3) is 0.750. The molecule has 30 nitrogen and oxygen atoms in total. The average molecular weight is 1010 g/mol. The van der Waals surface area contributed by atoms with Crippen molar-refractivity contribution in [3.63, 3.8) is 0 Å². The predicted octanol–water partition coefficient (Wildman–Crippen LogP) is -8.28. The van der Waals surface area contributed by atoms with E-state index in [0.29, 0.717) is 0 Å². The molecule has 18 N–H and O–H groups in total. The number of hydrogen-bond donors (Lipinski definition) is 16. The number of primary amides is 1. The normalized spacial score (nSPS) is 27.3. The van der Waals surface area contributed by atoms with E-state index in [1.165, 1.54) is 27.7 Å². The third-order valence-electron chi connectivity index (χ3n) is 11.0. The van der Waals surface area contributed by atoms with Gasteiger partial charge in [0.15, 0.2) is 12.6 Å². The van der Waals surface area contributed by atoms with E-state index in [4.69, 9.17) is 35.5 Å². The highest BCUT2D eigenvalue weighted by molar-refractivity contribution is 5.96. The van der Waals surface area contributed by atoms with Crippen LogP contribution in [0.1, 0.15) is 73.6 Å². The van der Waals surface area contributed by atoms with Crippen molar-refractivity contribution in [1.82, 2.24) is 37.2 Å². The minimum atomic E-state index is -1.92. The van der Waals surface area contributed by atoms with Gasteiger partial charge in [0.2, 0.25) is 47.3 Å². The van der Waals surface area contributed by atoms with Crippen LogP contribution >= 0.6 is 0 Å². The number of carboxylic acids is 2. The molecule has 0 saturated carbocycles. The molecule has 2 aliphatic rings. The van der Waals surface area contributed by atoms with E-state index < -0.39 is 189 Å². The molecule has 8 amide bonds. The van der Waals surface area contributed by atoms with Gasteiger partial charge >= 0.3 is 11.9 Å². The first-order valence-corrected chi connectivity index (χ1v) is 22.1. The number of carbonyl (C=O) groups is 10. The van der Waals surface area contributed by atoms with Crippen LogP contribution in [0.25, 0.3) is 0 Å². The molecule has 2 rings (SSSR count). The van der Waals surface area contributed by atoms with Gasteiger partial charge in [-0.15, -0.1) is 0 Å². The van der Waals surface area contributed by atoms with Crippen LogP contribution in [-0.4, -0.2) is 212 Å². The van der Waals surface area contributed by atoms with Crippen molar-refractivity contribution in [2.45, 2.75) is 177 Å². The molecule has 0 aromatic rings. The molecule has 0 unspecified atom stereocenters. The first kappa shape index (κ1) is 60.4. The third-order valence-corrected chi connectivity index (χ3v) is 11.0. The second-order valence-corrected chi connectivity index (χ2v) is 16.8. The van der Waals surface area contributed by atoms with Gasteiger partial charge in [-0.3, -0.25) is 47.9 Å². The monoisotopic (exact) mass is 1010 g/mol. The van der Waals surface area contributed by atoms with E-state index in [2.05, 4.69) is 37.2 Å². The number of hydrogen-bond acceptors (Lipinski definition) is 20. The second kappa shape index (κ2) is 28.2. The highest BCUT2D eigenvalue weighted by Gasteiger charge is 2.53. The summed E-state index contributed by atoms with van der Waals surface area (Å²) >= 11 is 0. The molecule has 70 heavy (non-hydrogen) atoms. The zero-order valence-corrected chi connectivity index (χ0v) is 39.3. The zero-order valence-electron chi connectivity index (χ0n) is 39.3. The van der Waals surface area contributed by atoms with Crippen LogP contribution < -0.4 is 48.7 Å². The summed E-state index contributed by atoms with van der Waals surface area (Å²) in [5.41, 5.74) is 10.9. The number of nitrogens with two attached hydrogens (primary N) is 2. The predicted molar refractivity (Wildman–Crippen MR) is 232 cm³/mol. The van der Waals surface area contributed by atoms with E-state index >= 15 is 0 Å². The van der Waals surface area contributed by atoms with Crippen LogP contribution in [0.5, 0.6) is 0 Å². The molecule has 0 aliphatic carbocycles. The van der Waals surface area contributed by atoms with Crippen molar-refractivity contribution in [2.24, 2.45) is 11.5 Å². The summed E-state index contributed by atoms with van der Waals surface area (Å²) in [4.78, 5) is 126. The number of nitrogens with one attached hydrogen (secondary N) is 7. The molecule has 17 atom stereocenters. The maximum absolute atomic E-state index is 13.7. The van der Waals surface area contributed by atoms with Crippen molar-refractivity contribution in [3.05, 3.63) is 0 Å². The fourth-order valence-electron chi connectivity index (χ4n) is 7.06. The number of ether oxygens (including phenoxy) is 4. The summed E-state index contributed by atoms with van der Waals surface area (Å²) in [5, 5.41) is 87.0. The van der Waals surface area contributed by atoms with Crippen LogP contribution in [0.2, 0.25) is 0 Å². The summed E-state index contributed by atoms with van der Waals surface area (Å²) in [7, 11) is 0. The Morgan fingerprint density at radius 1 is 0.600 bits per heavy atom. The summed E-state index contributed by atoms with van der Waals surface area (Å²) in [6, 6.07) is -11.8. The minimum absolute atomic E-state index is 0.0700. The summed E-state index contributed by atoms with van der Waals surface area (Å²) in [6.45, 7) is 5.13. The Balaban J connectivity index is 2.36. The molecule has 398 valence electrons. The number of rotatable bonds is 27. The number of aliphatic hydroxyl groups excluding tert-OH is 5. The lowest BCUT2D eigenvalue weighted by Crippen LogP contribution is -2.70. The number of carbonyl (C=O) groups excluding carboxylic acids is 8. The Hall–Kier alpha value is -5.70. The van der Waals surface area contributed by atoms with Gasteiger partial charge in [0.05, 0.1) is 13.2 Å². The van der Waals surface area contributed by atoms with Crippen LogP contribution in [0, 0.1) is 0 Å². The van der Waals surface area contributed by atoms with Gasteiger partial charge in [-0.1, -0.05) is 0 Å². The molecule has 30 heteroatoms. The molecular formula is C40H67N9O21. The Labute approximate surface area is 400 Å². The Bertz CT molecular complexity index is 1860. The number of aliphatic hydroxyl groups is 5. The SMILES string of the molecule is CC(=O)N[C@@H]1[C@@H](O[C@H](C)C(=O)N[C@@H](C)C(=O)N[C@H](CCC(N)=O)C(=O)N[C@@H](CCC[C@H](N)C(=O)O)C(=O)N[C@H](C)C(=O)N[C@H](C)C(=O)O)[C@H](O[C@@H]2O[C@H](CO)[C@@H](O)[C@H](O)[C@H]2NC(C)=O)[C@@H](CO)O[C@@H]1O. The van der Waals surface area contributed by atoms with Gasteiger partial charge in [0.25, 0.3) is 0 Å². The molecule has 2 heterocycles. The summed E-state index contributed by atoms with van der Waals surface area (Å²) in [5.74, 6) is -10.2. The number of amides is 8. The largest absolute Gasteiger partial charge is 0.480 e. The van der Waals surface area contributed by atoms with E-state index in [0.717, 1.165) is 13.8 Å². The topological polar surface area (TPSA) is 485 Å². The van der Waals surface area contributed by atoms with Crippen molar-refractivity contribution >= 4 is 59.2 Å². The van der Waals surface area contributed by atoms with Crippen molar-refractivity contribution in [2.75, 3.05) is 13.2 Å². The Kier molecular flexibility index (Phi) is 24.4. The van der Waals surface area contributed by atoms with Gasteiger partial charge in [-0.05, 0) is 53.4 Å². The molecule has 0 radical (unpaired) electrons. The van der Waals surface area contributed by atoms with E-state index in [1.54, 1.807) is 0 Å². The van der Waals surface area contributed by atoms with Gasteiger partial charge in [0, 0.05) is 20.3 Å². The Morgan fingerprint density at radius 2 is 1.10 bits per heavy atom. The molecule has 0 aromatic carbocycles. The van der Waals surface area contributed by atoms with Gasteiger partial charge in [-0.25, -0.2) is 0 Å². The van der Waals surface area contributed by atoms with Crippen molar-refractivity contribution in [1.29, 1.82) is 0 Å². The average Bonchev–Trinajstić information content (AvgIpc) is 3.27. The van der Waals surface area contributed by atoms with E-state index in [-0.39, 0.29) is 19.3 Å². The molecule has 2 fully saturated rings. The fourth-order valence-corrected chi connectivity index (χ4v) is 7.06. The lowest BCUT2D eigenvalue weighted by atomic mass is 9.94. The zero-order chi connectivity index (χ0) is 53.3. The van der Waals surface area contributed by atoms with Crippen molar-refractivity contribution in [3.8, 4) is 0 Å². The highest BCUT2D eigenvalue weighted by Crippen LogP contribution is 2.31. The first-order valence-electron chi connectivity index (χ1n) is 22.1. The smallest absolute Gasteiger partial charge is 0.325 e. The lowest BCUT2D eigenvalue weighted by molar-refractivity contribution is -0.333. The van der Waals surface area contributed by atoms with Gasteiger partial charge in [0.1, 0.15) is 91.1 Å². The number of aliphatic carboxylic acids is 2. The maximum atomic E-state index is 13.7. The standard InChI is InChI=1S/C40H67N9O21/c1-14(32(57)45-16(3)37(62)63)44-35(60)21(9-7-8-20(41)38(64)65)49-36(61)22(10-11-25(42)54)48-33(58)15(2)43-34(59)17(4)67-31-27(47-19(6)53)39(66)68-24(13-51)30(31)70-40-26(46-18(5)52)29(56)28(55)23(12-50)69-40/h14-17,20-24,26-31,39-40,50-51,55-56,66H,7-13,41H2,1-6H3,(H2,42,54)(H,43,59)(H,44,60)(H,45,57)(H,46,52)(H,47,53)(H,48,58)(H,49,61)(H,62,63)(H,64,65)/t14-,15+,16-,17-,20+,21+,22-,23-,24-,26-,27-,28-,29-,30-,31-,39+,40+/m1/s1. The second-order valence-electron chi connectivity index (χ2n) is 16.8. The van der Waals surface area contributed by atoms with Crippen LogP contribution in [0.4, 0.5) is 0 Å². The third kappa shape index (κ3) is 18.2. The van der Waals surface area contributed by atoms with Crippen LogP contribution in [0.3, 0.4) is 0 Å². The molecule has 0 bridgehead atoms.